The molecule has 10 heteroatoms. The van der Waals surface area contributed by atoms with Gasteiger partial charge in [0.1, 0.15) is 11.6 Å². The van der Waals surface area contributed by atoms with Crippen molar-refractivity contribution in [3.63, 3.8) is 0 Å². The maximum atomic E-state index is 13.0. The van der Waals surface area contributed by atoms with Gasteiger partial charge in [-0.05, 0) is 66.9 Å². The highest BCUT2D eigenvalue weighted by Crippen LogP contribution is 2.29. The molecule has 0 aromatic heterocycles. The number of carbonyl (C=O) groups excluding carboxylic acids is 2. The summed E-state index contributed by atoms with van der Waals surface area (Å²) in [7, 11) is -2.45. The smallest absolute Gasteiger partial charge is 0.256 e. The summed E-state index contributed by atoms with van der Waals surface area (Å²) in [6.07, 6.45) is 0.378. The number of nitrogens with one attached hydrogen (secondary N) is 3. The van der Waals surface area contributed by atoms with E-state index in [0.29, 0.717) is 29.1 Å². The van der Waals surface area contributed by atoms with Crippen molar-refractivity contribution in [2.45, 2.75) is 25.2 Å². The number of methoxy groups -OCH3 is 1. The minimum Gasteiger partial charge on any atom is -0.495 e. The quantitative estimate of drug-likeness (QED) is 0.414. The van der Waals surface area contributed by atoms with Crippen LogP contribution in [0.25, 0.3) is 0 Å². The zero-order valence-corrected chi connectivity index (χ0v) is 20.3. The van der Waals surface area contributed by atoms with Gasteiger partial charge in [-0.1, -0.05) is 18.2 Å². The standard InChI is InChI=1S/C25H26FN3O5S/c1-16-4-10-21(35(32,33)27-13-12-18-5-7-19(26)8-6-18)15-22(16)25(31)29-23-14-20(28-17(2)30)9-11-24(23)34-3/h4-11,14-15,27H,12-13H2,1-3H3,(H,28,30)(H,29,31). The van der Waals surface area contributed by atoms with E-state index in [9.17, 15) is 22.4 Å². The second kappa shape index (κ2) is 11.1. The van der Waals surface area contributed by atoms with Crippen molar-refractivity contribution < 1.29 is 27.1 Å². The molecule has 184 valence electrons. The van der Waals surface area contributed by atoms with Crippen LogP contribution in [0.3, 0.4) is 0 Å². The first-order valence-corrected chi connectivity index (χ1v) is 12.2. The van der Waals surface area contributed by atoms with E-state index < -0.39 is 15.9 Å². The number of aryl methyl sites for hydroxylation is 1. The molecule has 2 amide bonds. The fourth-order valence-electron chi connectivity index (χ4n) is 3.35. The Kier molecular flexibility index (Phi) is 8.21. The Hall–Kier alpha value is -3.76. The molecule has 0 atom stereocenters. The summed E-state index contributed by atoms with van der Waals surface area (Å²) in [5.74, 6) is -0.798. The highest BCUT2D eigenvalue weighted by atomic mass is 32.2. The number of carbonyl (C=O) groups is 2. The van der Waals surface area contributed by atoms with Crippen LogP contribution in [0.15, 0.2) is 65.6 Å². The van der Waals surface area contributed by atoms with E-state index in [-0.39, 0.29) is 28.7 Å². The molecule has 0 aliphatic rings. The van der Waals surface area contributed by atoms with E-state index in [1.54, 1.807) is 43.3 Å². The van der Waals surface area contributed by atoms with Gasteiger partial charge in [0, 0.05) is 24.7 Å². The second-order valence-corrected chi connectivity index (χ2v) is 9.57. The summed E-state index contributed by atoms with van der Waals surface area (Å²) in [5, 5.41) is 5.35. The van der Waals surface area contributed by atoms with Gasteiger partial charge in [0.25, 0.3) is 5.91 Å². The van der Waals surface area contributed by atoms with E-state index >= 15 is 0 Å². The molecular weight excluding hydrogens is 473 g/mol. The minimum absolute atomic E-state index is 0.0636. The average Bonchev–Trinajstić information content (AvgIpc) is 2.80. The molecule has 0 saturated carbocycles. The highest BCUT2D eigenvalue weighted by Gasteiger charge is 2.19. The van der Waals surface area contributed by atoms with Gasteiger partial charge in [0.15, 0.2) is 0 Å². The Bertz CT molecular complexity index is 1340. The van der Waals surface area contributed by atoms with Crippen molar-refractivity contribution in [1.82, 2.24) is 4.72 Å². The van der Waals surface area contributed by atoms with Crippen molar-refractivity contribution in [3.8, 4) is 5.75 Å². The predicted molar refractivity (Wildman–Crippen MR) is 132 cm³/mol. The summed E-state index contributed by atoms with van der Waals surface area (Å²) in [6, 6.07) is 14.9. The number of hydrogen-bond donors (Lipinski definition) is 3. The lowest BCUT2D eigenvalue weighted by atomic mass is 10.1. The Labute approximate surface area is 203 Å². The van der Waals surface area contributed by atoms with Crippen LogP contribution in [0.4, 0.5) is 15.8 Å². The van der Waals surface area contributed by atoms with Gasteiger partial charge in [-0.2, -0.15) is 0 Å². The van der Waals surface area contributed by atoms with E-state index in [1.807, 2.05) is 0 Å². The molecule has 0 spiro atoms. The lowest BCUT2D eigenvalue weighted by molar-refractivity contribution is -0.114. The molecule has 0 bridgehead atoms. The molecule has 3 aromatic carbocycles. The van der Waals surface area contributed by atoms with Crippen molar-refractivity contribution in [1.29, 1.82) is 0 Å². The number of benzene rings is 3. The van der Waals surface area contributed by atoms with E-state index in [0.717, 1.165) is 5.56 Å². The molecule has 0 aliphatic carbocycles. The third-order valence-corrected chi connectivity index (χ3v) is 6.61. The Morgan fingerprint density at radius 3 is 2.34 bits per heavy atom. The number of rotatable bonds is 9. The van der Waals surface area contributed by atoms with Crippen LogP contribution in [-0.2, 0) is 21.2 Å². The molecule has 35 heavy (non-hydrogen) atoms. The zero-order chi connectivity index (χ0) is 25.6. The minimum atomic E-state index is -3.89. The fourth-order valence-corrected chi connectivity index (χ4v) is 4.41. The SMILES string of the molecule is COc1ccc(NC(C)=O)cc1NC(=O)c1cc(S(=O)(=O)NCCc2ccc(F)cc2)ccc1C. The van der Waals surface area contributed by atoms with Gasteiger partial charge in [0.05, 0.1) is 17.7 Å². The maximum absolute atomic E-state index is 13.0. The molecular formula is C25H26FN3O5S. The third kappa shape index (κ3) is 6.87. The molecule has 0 heterocycles. The van der Waals surface area contributed by atoms with Crippen LogP contribution in [0.2, 0.25) is 0 Å². The Morgan fingerprint density at radius 2 is 1.69 bits per heavy atom. The van der Waals surface area contributed by atoms with Gasteiger partial charge >= 0.3 is 0 Å². The summed E-state index contributed by atoms with van der Waals surface area (Å²) in [4.78, 5) is 24.3. The molecule has 3 rings (SSSR count). The summed E-state index contributed by atoms with van der Waals surface area (Å²) in [5.41, 5.74) is 2.30. The number of hydrogen-bond acceptors (Lipinski definition) is 5. The molecule has 0 saturated heterocycles. The first kappa shape index (κ1) is 25.9. The van der Waals surface area contributed by atoms with Crippen LogP contribution in [-0.4, -0.2) is 33.9 Å². The molecule has 3 aromatic rings. The largest absolute Gasteiger partial charge is 0.495 e. The molecule has 0 aliphatic heterocycles. The van der Waals surface area contributed by atoms with Gasteiger partial charge in [-0.15, -0.1) is 0 Å². The van der Waals surface area contributed by atoms with E-state index in [2.05, 4.69) is 15.4 Å². The average molecular weight is 500 g/mol. The molecule has 3 N–H and O–H groups in total. The summed E-state index contributed by atoms with van der Waals surface area (Å²) >= 11 is 0. The lowest BCUT2D eigenvalue weighted by Gasteiger charge is -2.14. The van der Waals surface area contributed by atoms with Crippen molar-refractivity contribution in [2.24, 2.45) is 0 Å². The normalized spacial score (nSPS) is 11.1. The number of anilines is 2. The van der Waals surface area contributed by atoms with Gasteiger partial charge in [-0.3, -0.25) is 9.59 Å². The number of ether oxygens (including phenoxy) is 1. The number of halogens is 1. The lowest BCUT2D eigenvalue weighted by Crippen LogP contribution is -2.26. The summed E-state index contributed by atoms with van der Waals surface area (Å²) < 4.78 is 46.4. The van der Waals surface area contributed by atoms with Crippen molar-refractivity contribution in [3.05, 3.63) is 83.2 Å². The van der Waals surface area contributed by atoms with Crippen LogP contribution in [0, 0.1) is 12.7 Å². The van der Waals surface area contributed by atoms with Gasteiger partial charge in [0.2, 0.25) is 15.9 Å². The third-order valence-electron chi connectivity index (χ3n) is 5.15. The topological polar surface area (TPSA) is 114 Å². The maximum Gasteiger partial charge on any atom is 0.256 e. The molecule has 0 unspecified atom stereocenters. The van der Waals surface area contributed by atoms with Crippen LogP contribution in [0.5, 0.6) is 5.75 Å². The Balaban J connectivity index is 1.77. The van der Waals surface area contributed by atoms with Gasteiger partial charge in [-0.25, -0.2) is 17.5 Å². The molecule has 8 nitrogen and oxygen atoms in total. The van der Waals surface area contributed by atoms with Crippen LogP contribution >= 0.6 is 0 Å². The number of sulfonamides is 1. The first-order chi connectivity index (χ1) is 16.6. The van der Waals surface area contributed by atoms with Crippen molar-refractivity contribution in [2.75, 3.05) is 24.3 Å². The highest BCUT2D eigenvalue weighted by molar-refractivity contribution is 7.89. The van der Waals surface area contributed by atoms with Crippen molar-refractivity contribution >= 4 is 33.2 Å². The van der Waals surface area contributed by atoms with E-state index in [1.165, 1.54) is 38.3 Å². The van der Waals surface area contributed by atoms with E-state index in [4.69, 9.17) is 4.74 Å². The monoisotopic (exact) mass is 499 g/mol. The van der Waals surface area contributed by atoms with Gasteiger partial charge < -0.3 is 15.4 Å². The van der Waals surface area contributed by atoms with Crippen LogP contribution < -0.4 is 20.1 Å². The molecule has 0 radical (unpaired) electrons. The predicted octanol–water partition coefficient (Wildman–Crippen LogP) is 3.87. The molecule has 0 fully saturated rings. The zero-order valence-electron chi connectivity index (χ0n) is 19.5. The Morgan fingerprint density at radius 1 is 0.971 bits per heavy atom. The van der Waals surface area contributed by atoms with Crippen LogP contribution in [0.1, 0.15) is 28.4 Å². The second-order valence-electron chi connectivity index (χ2n) is 7.80. The fraction of sp³-hybridized carbons (Fsp3) is 0.200. The summed E-state index contributed by atoms with van der Waals surface area (Å²) in [6.45, 7) is 3.17. The first-order valence-electron chi connectivity index (χ1n) is 10.7. The number of amides is 2.